The molecule has 3 unspecified atom stereocenters. The van der Waals surface area contributed by atoms with Gasteiger partial charge >= 0.3 is 0 Å². The molecule has 1 saturated carbocycles. The van der Waals surface area contributed by atoms with Crippen molar-refractivity contribution < 1.29 is 9.90 Å². The highest BCUT2D eigenvalue weighted by atomic mass is 16.3. The van der Waals surface area contributed by atoms with Gasteiger partial charge in [-0.3, -0.25) is 4.79 Å². The van der Waals surface area contributed by atoms with Crippen LogP contribution >= 0.6 is 0 Å². The van der Waals surface area contributed by atoms with Gasteiger partial charge in [0.2, 0.25) is 5.91 Å². The molecule has 3 rings (SSSR count). The van der Waals surface area contributed by atoms with Gasteiger partial charge in [-0.2, -0.15) is 0 Å². The minimum atomic E-state index is 0.0160. The number of hydrogen-bond acceptors (Lipinski definition) is 3. The minimum Gasteiger partial charge on any atom is -0.508 e. The fraction of sp³-hybridized carbons (Fsp3) is 0.562. The molecule has 108 valence electrons. The normalized spacial score (nSPS) is 28.3. The molecule has 0 radical (unpaired) electrons. The number of phenols is 1. The van der Waals surface area contributed by atoms with Crippen molar-refractivity contribution in [2.45, 2.75) is 31.7 Å². The number of phenolic OH excluding ortho intramolecular Hbond substituents is 1. The average Bonchev–Trinajstić information content (AvgIpc) is 3.03. The third kappa shape index (κ3) is 2.80. The molecule has 1 aliphatic carbocycles. The Balaban J connectivity index is 1.46. The Morgan fingerprint density at radius 2 is 2.10 bits per heavy atom. The van der Waals surface area contributed by atoms with E-state index in [9.17, 15) is 9.90 Å². The van der Waals surface area contributed by atoms with Crippen molar-refractivity contribution in [1.82, 2.24) is 10.6 Å². The van der Waals surface area contributed by atoms with E-state index in [1.54, 1.807) is 12.1 Å². The lowest BCUT2D eigenvalue weighted by Gasteiger charge is -2.17. The molecule has 2 aliphatic rings. The zero-order valence-electron chi connectivity index (χ0n) is 11.6. The van der Waals surface area contributed by atoms with Crippen molar-refractivity contribution >= 4 is 5.91 Å². The maximum Gasteiger partial charge on any atom is 0.237 e. The number of rotatable bonds is 4. The van der Waals surface area contributed by atoms with Crippen LogP contribution in [0.5, 0.6) is 5.75 Å². The van der Waals surface area contributed by atoms with Gasteiger partial charge in [0.25, 0.3) is 0 Å². The van der Waals surface area contributed by atoms with Crippen LogP contribution in [0.1, 0.15) is 24.8 Å². The SMILES string of the molecule is O=C(NCCc1ccc(O)cc1)C1NCC2CCCC21. The molecule has 20 heavy (non-hydrogen) atoms. The Labute approximate surface area is 119 Å². The standard InChI is InChI=1S/C16H22N2O2/c19-13-6-4-11(5-7-13)8-9-17-16(20)15-14-3-1-2-12(14)10-18-15/h4-7,12,14-15,18-19H,1-3,8-10H2,(H,17,20). The van der Waals surface area contributed by atoms with Crippen molar-refractivity contribution in [1.29, 1.82) is 0 Å². The van der Waals surface area contributed by atoms with Crippen LogP contribution in [0.25, 0.3) is 0 Å². The summed E-state index contributed by atoms with van der Waals surface area (Å²) in [5, 5.41) is 15.6. The van der Waals surface area contributed by atoms with E-state index in [1.165, 1.54) is 19.3 Å². The summed E-state index contributed by atoms with van der Waals surface area (Å²) in [5.74, 6) is 1.69. The van der Waals surface area contributed by atoms with Gasteiger partial charge in [-0.05, 0) is 55.3 Å². The van der Waals surface area contributed by atoms with Crippen molar-refractivity contribution in [3.63, 3.8) is 0 Å². The summed E-state index contributed by atoms with van der Waals surface area (Å²) in [7, 11) is 0. The Hall–Kier alpha value is -1.55. The van der Waals surface area contributed by atoms with E-state index in [0.717, 1.165) is 18.5 Å². The fourth-order valence-corrected chi connectivity index (χ4v) is 3.58. The first-order valence-electron chi connectivity index (χ1n) is 7.53. The molecule has 3 atom stereocenters. The first-order chi connectivity index (χ1) is 9.74. The van der Waals surface area contributed by atoms with E-state index in [4.69, 9.17) is 0 Å². The highest BCUT2D eigenvalue weighted by molar-refractivity contribution is 5.82. The maximum atomic E-state index is 12.2. The summed E-state index contributed by atoms with van der Waals surface area (Å²) in [6.07, 6.45) is 4.53. The molecular weight excluding hydrogens is 252 g/mol. The number of hydrogen-bond donors (Lipinski definition) is 3. The zero-order chi connectivity index (χ0) is 13.9. The molecular formula is C16H22N2O2. The molecule has 2 fully saturated rings. The van der Waals surface area contributed by atoms with E-state index >= 15 is 0 Å². The molecule has 4 nitrogen and oxygen atoms in total. The van der Waals surface area contributed by atoms with Gasteiger partial charge in [0.15, 0.2) is 0 Å². The van der Waals surface area contributed by atoms with Gasteiger partial charge in [-0.1, -0.05) is 18.6 Å². The number of amides is 1. The van der Waals surface area contributed by atoms with Crippen molar-refractivity contribution in [3.8, 4) is 5.75 Å². The van der Waals surface area contributed by atoms with Gasteiger partial charge in [-0.25, -0.2) is 0 Å². The lowest BCUT2D eigenvalue weighted by molar-refractivity contribution is -0.123. The molecule has 1 amide bonds. The third-order valence-corrected chi connectivity index (χ3v) is 4.68. The summed E-state index contributed by atoms with van der Waals surface area (Å²) >= 11 is 0. The summed E-state index contributed by atoms with van der Waals surface area (Å²) in [5.41, 5.74) is 1.13. The minimum absolute atomic E-state index is 0.0160. The van der Waals surface area contributed by atoms with Crippen LogP contribution in [0.2, 0.25) is 0 Å². The second kappa shape index (κ2) is 5.83. The predicted molar refractivity (Wildman–Crippen MR) is 77.4 cm³/mol. The summed E-state index contributed by atoms with van der Waals surface area (Å²) in [4.78, 5) is 12.2. The van der Waals surface area contributed by atoms with E-state index in [1.807, 2.05) is 12.1 Å². The number of carbonyl (C=O) groups is 1. The molecule has 4 heteroatoms. The smallest absolute Gasteiger partial charge is 0.237 e. The second-order valence-corrected chi connectivity index (χ2v) is 5.95. The first kappa shape index (κ1) is 13.4. The summed E-state index contributed by atoms with van der Waals surface area (Å²) < 4.78 is 0. The van der Waals surface area contributed by atoms with Gasteiger partial charge in [-0.15, -0.1) is 0 Å². The molecule has 0 bridgehead atoms. The van der Waals surface area contributed by atoms with E-state index in [-0.39, 0.29) is 17.7 Å². The van der Waals surface area contributed by atoms with Crippen LogP contribution in [0, 0.1) is 11.8 Å². The summed E-state index contributed by atoms with van der Waals surface area (Å²) in [6.45, 7) is 1.65. The van der Waals surface area contributed by atoms with E-state index < -0.39 is 0 Å². The molecule has 1 heterocycles. The second-order valence-electron chi connectivity index (χ2n) is 5.95. The Bertz CT molecular complexity index is 472. The number of carbonyl (C=O) groups excluding carboxylic acids is 1. The molecule has 1 aliphatic heterocycles. The Morgan fingerprint density at radius 1 is 1.30 bits per heavy atom. The maximum absolute atomic E-state index is 12.2. The zero-order valence-corrected chi connectivity index (χ0v) is 11.6. The number of nitrogens with one attached hydrogen (secondary N) is 2. The largest absolute Gasteiger partial charge is 0.508 e. The first-order valence-corrected chi connectivity index (χ1v) is 7.53. The lowest BCUT2D eigenvalue weighted by atomic mass is 9.93. The molecule has 0 spiro atoms. The highest BCUT2D eigenvalue weighted by Gasteiger charge is 2.42. The van der Waals surface area contributed by atoms with Gasteiger partial charge < -0.3 is 15.7 Å². The number of aromatic hydroxyl groups is 1. The average molecular weight is 274 g/mol. The van der Waals surface area contributed by atoms with Crippen molar-refractivity contribution in [3.05, 3.63) is 29.8 Å². The topological polar surface area (TPSA) is 61.4 Å². The van der Waals surface area contributed by atoms with Gasteiger partial charge in [0, 0.05) is 6.54 Å². The molecule has 1 aromatic rings. The van der Waals surface area contributed by atoms with Crippen LogP contribution in [-0.2, 0) is 11.2 Å². The van der Waals surface area contributed by atoms with Crippen LogP contribution < -0.4 is 10.6 Å². The fourth-order valence-electron chi connectivity index (χ4n) is 3.58. The van der Waals surface area contributed by atoms with Crippen molar-refractivity contribution in [2.24, 2.45) is 11.8 Å². The van der Waals surface area contributed by atoms with Gasteiger partial charge in [0.1, 0.15) is 5.75 Å². The monoisotopic (exact) mass is 274 g/mol. The van der Waals surface area contributed by atoms with Crippen LogP contribution in [0.4, 0.5) is 0 Å². The molecule has 3 N–H and O–H groups in total. The van der Waals surface area contributed by atoms with E-state index in [0.29, 0.717) is 18.4 Å². The van der Waals surface area contributed by atoms with Crippen LogP contribution in [0.15, 0.2) is 24.3 Å². The molecule has 0 aromatic heterocycles. The number of benzene rings is 1. The quantitative estimate of drug-likeness (QED) is 0.778. The molecule has 1 aromatic carbocycles. The molecule has 1 saturated heterocycles. The van der Waals surface area contributed by atoms with Crippen LogP contribution in [-0.4, -0.2) is 30.1 Å². The van der Waals surface area contributed by atoms with Crippen LogP contribution in [0.3, 0.4) is 0 Å². The lowest BCUT2D eigenvalue weighted by Crippen LogP contribution is -2.44. The van der Waals surface area contributed by atoms with Crippen molar-refractivity contribution in [2.75, 3.05) is 13.1 Å². The summed E-state index contributed by atoms with van der Waals surface area (Å²) in [6, 6.07) is 7.16. The van der Waals surface area contributed by atoms with E-state index in [2.05, 4.69) is 10.6 Å². The Morgan fingerprint density at radius 3 is 2.90 bits per heavy atom. The van der Waals surface area contributed by atoms with Gasteiger partial charge in [0.05, 0.1) is 6.04 Å². The number of fused-ring (bicyclic) bond motifs is 1. The third-order valence-electron chi connectivity index (χ3n) is 4.68. The Kier molecular flexibility index (Phi) is 3.92. The predicted octanol–water partition coefficient (Wildman–Crippen LogP) is 1.44. The highest BCUT2D eigenvalue weighted by Crippen LogP contribution is 2.37.